The topological polar surface area (TPSA) is 340 Å². The van der Waals surface area contributed by atoms with Gasteiger partial charge in [-0.1, -0.05) is 120 Å². The molecule has 0 spiro atoms. The number of carbonyl (C=O) groups is 3. The molecule has 3 aliphatic rings. The number of thioether (sulfide) groups is 3. The smallest absolute Gasteiger partial charge is 0.313 e. The molecule has 0 aromatic heterocycles. The third kappa shape index (κ3) is 20.5. The average Bonchev–Trinajstić information content (AvgIpc) is 0.784. The van der Waals surface area contributed by atoms with Crippen LogP contribution in [-0.2, 0) is 50.4 Å². The van der Waals surface area contributed by atoms with E-state index in [0.29, 0.717) is 118 Å². The number of piperazine rings is 3. The van der Waals surface area contributed by atoms with Gasteiger partial charge in [-0.15, -0.1) is 35.3 Å². The summed E-state index contributed by atoms with van der Waals surface area (Å²) in [5, 5.41) is 61.6. The van der Waals surface area contributed by atoms with Gasteiger partial charge >= 0.3 is 48.5 Å². The Morgan fingerprint density at radius 2 is 0.766 bits per heavy atom. The van der Waals surface area contributed by atoms with Gasteiger partial charge in [0.2, 0.25) is 0 Å². The first-order valence-electron chi connectivity index (χ1n) is 33.9. The highest BCUT2D eigenvalue weighted by molar-refractivity contribution is 8.00. The van der Waals surface area contributed by atoms with Gasteiger partial charge in [-0.2, -0.15) is 38.2 Å². The molecule has 0 saturated carbocycles. The summed E-state index contributed by atoms with van der Waals surface area (Å²) in [5.41, 5.74) is 4.39. The van der Waals surface area contributed by atoms with Gasteiger partial charge in [0.05, 0.1) is 61.3 Å². The molecule has 0 aliphatic carbocycles. The second kappa shape index (κ2) is 34.8. The standard InChI is InChI=1S/C26H31N3O6S2.C26H31N3O5S2.C22H21F2N3O5S2/c1-18(2)16-35-20-9-7-19(8-10-20)28-11-13-29(14-12-28)37(33,34)27-23-15-24(36-17-25(30)31)26(32)22-6-4-3-5-21(22)23;1-26(2,3)18-8-10-19(11-9-18)28-12-14-29(15-13-28)36(33,34)27-22-16-23(35-17-24(30)31)25(32)21-7-5-4-6-20(21)22;23-14-5-6-19(17(24)11-14)26-7-9-27(10-8-26)34(31,32)25-18-12-20(33-13-21(28)29)22(30)16-4-2-1-3-15(16)18/h3-10,15,18,27,32H,11-14,16-17H2,1-2H3,(H,30,31);4-11,16,27,32H,12-15,17H2,1-3H3,(H,30,31);1-6,11-12,25,30H,7-10,13H2,(H,28,29). The molecule has 9 N–H and O–H groups in total. The number of phenolic OH excluding ortho intramolecular Hbond substituents is 3. The summed E-state index contributed by atoms with van der Waals surface area (Å²) in [6.07, 6.45) is 0. The van der Waals surface area contributed by atoms with E-state index in [0.717, 1.165) is 64.5 Å². The van der Waals surface area contributed by atoms with Crippen molar-refractivity contribution in [2.24, 2.45) is 5.92 Å². The van der Waals surface area contributed by atoms with E-state index in [1.807, 2.05) is 24.3 Å². The number of benzene rings is 9. The number of fused-ring (bicyclic) bond motifs is 3. The van der Waals surface area contributed by atoms with E-state index in [1.54, 1.807) is 77.7 Å². The number of aliphatic carboxylic acids is 3. The van der Waals surface area contributed by atoms with Crippen LogP contribution in [0.2, 0.25) is 0 Å². The van der Waals surface area contributed by atoms with Gasteiger partial charge in [-0.3, -0.25) is 28.5 Å². The molecule has 12 rings (SSSR count). The Balaban J connectivity index is 0.000000172. The molecule has 33 heteroatoms. The summed E-state index contributed by atoms with van der Waals surface area (Å²) in [4.78, 5) is 39.8. The SMILES string of the molecule is CC(C)(C)c1ccc(N2CCN(S(=O)(=O)Nc3cc(SCC(=O)O)c(O)c4ccccc34)CC2)cc1.CC(C)COc1ccc(N2CCN(S(=O)(=O)Nc3cc(SCC(=O)O)c(O)c4ccccc34)CC2)cc1.O=C(O)CSc1cc(NS(=O)(=O)N2CCN(c3ccc(F)cc3F)CC2)c2ccccc2c1O. The van der Waals surface area contributed by atoms with Gasteiger partial charge in [-0.05, 0) is 83.6 Å². The maximum absolute atomic E-state index is 14.1. The van der Waals surface area contributed by atoms with Crippen LogP contribution in [0.3, 0.4) is 0 Å². The number of hydrogen-bond acceptors (Lipinski definition) is 19. The molecule has 570 valence electrons. The quantitative estimate of drug-likeness (QED) is 0.0200. The minimum Gasteiger partial charge on any atom is -0.506 e. The first-order valence-corrected chi connectivity index (χ1v) is 41.2. The lowest BCUT2D eigenvalue weighted by atomic mass is 9.87. The Labute approximate surface area is 632 Å². The Morgan fingerprint density at radius 1 is 0.449 bits per heavy atom. The van der Waals surface area contributed by atoms with Crippen molar-refractivity contribution < 1.29 is 83.8 Å². The number of carboxylic acid groups (broad SMARTS) is 3. The van der Waals surface area contributed by atoms with Crippen LogP contribution in [0, 0.1) is 17.6 Å². The zero-order valence-electron chi connectivity index (χ0n) is 59.1. The zero-order chi connectivity index (χ0) is 77.1. The maximum Gasteiger partial charge on any atom is 0.313 e. The molecule has 9 aromatic carbocycles. The van der Waals surface area contributed by atoms with Crippen molar-refractivity contribution in [1.29, 1.82) is 0 Å². The number of hydrogen-bond donors (Lipinski definition) is 9. The summed E-state index contributed by atoms with van der Waals surface area (Å²) >= 11 is 2.76. The fourth-order valence-corrected chi connectivity index (χ4v) is 17.9. The predicted molar refractivity (Wildman–Crippen MR) is 419 cm³/mol. The first kappa shape index (κ1) is 80.4. The lowest BCUT2D eigenvalue weighted by Gasteiger charge is -2.35. The van der Waals surface area contributed by atoms with Crippen molar-refractivity contribution in [2.75, 3.05) is 131 Å². The van der Waals surface area contributed by atoms with Gasteiger partial charge in [-0.25, -0.2) is 8.78 Å². The Morgan fingerprint density at radius 3 is 1.07 bits per heavy atom. The lowest BCUT2D eigenvalue weighted by molar-refractivity contribution is -0.134. The van der Waals surface area contributed by atoms with E-state index in [9.17, 15) is 63.7 Å². The monoisotopic (exact) mass is 1580 g/mol. The van der Waals surface area contributed by atoms with Crippen molar-refractivity contribution in [3.05, 3.63) is 175 Å². The van der Waals surface area contributed by atoms with E-state index in [4.69, 9.17) is 20.1 Å². The van der Waals surface area contributed by atoms with Gasteiger partial charge in [0, 0.05) is 128 Å². The Kier molecular flexibility index (Phi) is 26.1. The number of nitrogens with one attached hydrogen (secondary N) is 3. The fraction of sp³-hybridized carbons (Fsp3) is 0.311. The summed E-state index contributed by atoms with van der Waals surface area (Å²) in [6.45, 7) is 15.4. The van der Waals surface area contributed by atoms with Crippen LogP contribution in [-0.4, -0.2) is 189 Å². The summed E-state index contributed by atoms with van der Waals surface area (Å²) in [6, 6.07) is 44.3. The van der Waals surface area contributed by atoms with Crippen molar-refractivity contribution >= 4 is 150 Å². The normalized spacial score (nSPS) is 15.0. The van der Waals surface area contributed by atoms with Crippen molar-refractivity contribution in [1.82, 2.24) is 12.9 Å². The number of nitrogens with zero attached hydrogens (tertiary/aromatic N) is 6. The molecule has 0 unspecified atom stereocenters. The molecule has 3 heterocycles. The second-order valence-corrected chi connectivity index (χ2v) is 34.6. The molecule has 9 aromatic rings. The van der Waals surface area contributed by atoms with E-state index in [-0.39, 0.29) is 82.4 Å². The van der Waals surface area contributed by atoms with Crippen molar-refractivity contribution in [3.8, 4) is 23.0 Å². The van der Waals surface area contributed by atoms with E-state index in [1.165, 1.54) is 42.7 Å². The molecule has 3 fully saturated rings. The minimum atomic E-state index is -4.02. The average molecular weight is 1580 g/mol. The van der Waals surface area contributed by atoms with Crippen LogP contribution in [0.15, 0.2) is 172 Å². The molecule has 0 atom stereocenters. The first-order chi connectivity index (χ1) is 50.7. The van der Waals surface area contributed by atoms with Crippen molar-refractivity contribution in [3.63, 3.8) is 0 Å². The minimum absolute atomic E-state index is 0.0640. The van der Waals surface area contributed by atoms with Gasteiger partial charge < -0.3 is 50.1 Å². The highest BCUT2D eigenvalue weighted by Crippen LogP contribution is 2.44. The number of halogens is 2. The highest BCUT2D eigenvalue weighted by Gasteiger charge is 2.33. The molecule has 3 aliphatic heterocycles. The van der Waals surface area contributed by atoms with E-state index in [2.05, 4.69) is 82.9 Å². The number of ether oxygens (including phenoxy) is 1. The summed E-state index contributed by atoms with van der Waals surface area (Å²) < 4.78 is 124. The molecule has 25 nitrogen and oxygen atoms in total. The number of aromatic hydroxyl groups is 3. The van der Waals surface area contributed by atoms with E-state index >= 15 is 0 Å². The van der Waals surface area contributed by atoms with Crippen molar-refractivity contribution in [2.45, 2.75) is 54.7 Å². The largest absolute Gasteiger partial charge is 0.506 e. The number of anilines is 6. The molecule has 3 saturated heterocycles. The lowest BCUT2D eigenvalue weighted by Crippen LogP contribution is -2.50. The number of carboxylic acids is 3. The molecule has 0 radical (unpaired) electrons. The summed E-state index contributed by atoms with van der Waals surface area (Å²) in [5.74, 6) is -4.36. The molecule has 107 heavy (non-hydrogen) atoms. The third-order valence-corrected chi connectivity index (χ3v) is 25.2. The fourth-order valence-electron chi connectivity index (χ4n) is 12.1. The molecule has 0 bridgehead atoms. The molecule has 0 amide bonds. The zero-order valence-corrected chi connectivity index (χ0v) is 64.0. The van der Waals surface area contributed by atoms with Crippen LogP contribution in [0.25, 0.3) is 32.3 Å². The second-order valence-electron chi connectivity index (χ2n) is 26.6. The molecular weight excluding hydrogens is 1500 g/mol. The van der Waals surface area contributed by atoms with Crippen LogP contribution < -0.4 is 33.6 Å². The van der Waals surface area contributed by atoms with Gasteiger partial charge in [0.15, 0.2) is 0 Å². The maximum atomic E-state index is 14.1. The third-order valence-electron chi connectivity index (χ3n) is 17.6. The van der Waals surface area contributed by atoms with Gasteiger partial charge in [0.25, 0.3) is 0 Å². The van der Waals surface area contributed by atoms with Crippen LogP contribution in [0.4, 0.5) is 42.9 Å². The van der Waals surface area contributed by atoms with Crippen LogP contribution in [0.5, 0.6) is 23.0 Å². The van der Waals surface area contributed by atoms with E-state index < -0.39 is 60.2 Å². The Bertz CT molecular complexity index is 5060. The number of phenols is 3. The van der Waals surface area contributed by atoms with Gasteiger partial charge in [0.1, 0.15) is 34.6 Å². The number of rotatable bonds is 24. The molecular formula is C74H83F2N9O16S6. The predicted octanol–water partition coefficient (Wildman–Crippen LogP) is 12.2. The van der Waals surface area contributed by atoms with Crippen LogP contribution >= 0.6 is 35.3 Å². The highest BCUT2D eigenvalue weighted by atomic mass is 32.2. The summed E-state index contributed by atoms with van der Waals surface area (Å²) in [7, 11) is -11.8. The Hall–Kier alpha value is -9.19. The van der Waals surface area contributed by atoms with Crippen LogP contribution in [0.1, 0.15) is 40.2 Å².